The van der Waals surface area contributed by atoms with Crippen LogP contribution in [0.15, 0.2) is 53.3 Å². The quantitative estimate of drug-likeness (QED) is 0.742. The zero-order valence-corrected chi connectivity index (χ0v) is 13.4. The third-order valence-electron chi connectivity index (χ3n) is 3.94. The number of nitrogens with zero attached hydrogens (tertiary/aromatic N) is 3. The molecule has 0 unspecified atom stereocenters. The first-order valence-electron chi connectivity index (χ1n) is 7.56. The number of aromatic amines is 1. The van der Waals surface area contributed by atoms with Crippen molar-refractivity contribution in [2.75, 3.05) is 5.73 Å². The maximum atomic E-state index is 12.1. The van der Waals surface area contributed by atoms with E-state index in [0.717, 1.165) is 11.1 Å². The second-order valence-corrected chi connectivity index (χ2v) is 5.49. The summed E-state index contributed by atoms with van der Waals surface area (Å²) >= 11 is 0. The van der Waals surface area contributed by atoms with Gasteiger partial charge in [-0.3, -0.25) is 4.79 Å². The fraction of sp³-hybridized carbons (Fsp3) is 0. The Morgan fingerprint density at radius 3 is 2.08 bits per heavy atom. The van der Waals surface area contributed by atoms with Gasteiger partial charge in [0, 0.05) is 5.56 Å². The highest BCUT2D eigenvalue weighted by Gasteiger charge is 2.18. The number of nitriles is 3. The molecule has 0 atom stereocenters. The lowest BCUT2D eigenvalue weighted by Gasteiger charge is -2.10. The lowest BCUT2D eigenvalue weighted by Crippen LogP contribution is -2.16. The highest BCUT2D eigenvalue weighted by atomic mass is 16.1. The second kappa shape index (κ2) is 6.65. The van der Waals surface area contributed by atoms with Crippen molar-refractivity contribution in [3.8, 4) is 40.5 Å². The Kier molecular flexibility index (Phi) is 4.22. The third kappa shape index (κ3) is 2.78. The van der Waals surface area contributed by atoms with Crippen LogP contribution in [0.3, 0.4) is 0 Å². The molecule has 0 bridgehead atoms. The second-order valence-electron chi connectivity index (χ2n) is 5.49. The van der Waals surface area contributed by atoms with E-state index in [9.17, 15) is 15.3 Å². The molecule has 0 radical (unpaired) electrons. The van der Waals surface area contributed by atoms with Gasteiger partial charge in [0.05, 0.1) is 11.6 Å². The molecule has 6 nitrogen and oxygen atoms in total. The molecule has 26 heavy (non-hydrogen) atoms. The van der Waals surface area contributed by atoms with E-state index in [1.165, 1.54) is 0 Å². The molecular formula is C20H11N5O. The molecule has 3 N–H and O–H groups in total. The van der Waals surface area contributed by atoms with Crippen LogP contribution in [0.4, 0.5) is 5.82 Å². The summed E-state index contributed by atoms with van der Waals surface area (Å²) in [5, 5.41) is 27.9. The summed E-state index contributed by atoms with van der Waals surface area (Å²) in [5.41, 5.74) is 7.83. The van der Waals surface area contributed by atoms with Crippen molar-refractivity contribution < 1.29 is 0 Å². The van der Waals surface area contributed by atoms with Gasteiger partial charge < -0.3 is 10.7 Å². The number of H-pyrrole nitrogens is 1. The number of nitrogen functional groups attached to an aromatic ring is 1. The monoisotopic (exact) mass is 337 g/mol. The maximum absolute atomic E-state index is 12.1. The first-order chi connectivity index (χ1) is 12.6. The smallest absolute Gasteiger partial charge is 0.268 e. The van der Waals surface area contributed by atoms with E-state index in [1.54, 1.807) is 36.4 Å². The number of aromatic nitrogens is 1. The fourth-order valence-corrected chi connectivity index (χ4v) is 2.75. The van der Waals surface area contributed by atoms with Crippen LogP contribution in [0.1, 0.15) is 16.7 Å². The summed E-state index contributed by atoms with van der Waals surface area (Å²) in [4.78, 5) is 14.4. The molecule has 2 aromatic carbocycles. The van der Waals surface area contributed by atoms with Gasteiger partial charge in [0.1, 0.15) is 29.1 Å². The van der Waals surface area contributed by atoms with E-state index < -0.39 is 5.56 Å². The molecule has 3 rings (SSSR count). The van der Waals surface area contributed by atoms with Crippen molar-refractivity contribution in [3.63, 3.8) is 0 Å². The van der Waals surface area contributed by atoms with E-state index >= 15 is 0 Å². The van der Waals surface area contributed by atoms with E-state index in [0.29, 0.717) is 11.1 Å². The number of nitrogens with two attached hydrogens (primary N) is 1. The number of rotatable bonds is 2. The highest BCUT2D eigenvalue weighted by molar-refractivity contribution is 5.82. The number of nitrogens with one attached hydrogen (secondary N) is 1. The van der Waals surface area contributed by atoms with Crippen LogP contribution in [0.25, 0.3) is 22.3 Å². The molecule has 0 amide bonds. The minimum atomic E-state index is -0.643. The highest BCUT2D eigenvalue weighted by Crippen LogP contribution is 2.31. The molecule has 0 aliphatic carbocycles. The van der Waals surface area contributed by atoms with Crippen molar-refractivity contribution in [1.82, 2.24) is 4.98 Å². The Morgan fingerprint density at radius 2 is 1.42 bits per heavy atom. The number of hydrogen-bond donors (Lipinski definition) is 2. The molecule has 0 saturated carbocycles. The number of benzene rings is 2. The average molecular weight is 337 g/mol. The van der Waals surface area contributed by atoms with Crippen LogP contribution >= 0.6 is 0 Å². The van der Waals surface area contributed by atoms with Crippen molar-refractivity contribution in [2.24, 2.45) is 0 Å². The lowest BCUT2D eigenvalue weighted by molar-refractivity contribution is 1.21. The first kappa shape index (κ1) is 16.5. The first-order valence-corrected chi connectivity index (χ1v) is 7.56. The normalized spacial score (nSPS) is 9.73. The molecule has 0 aliphatic rings. The predicted molar refractivity (Wildman–Crippen MR) is 96.5 cm³/mol. The standard InChI is InChI=1S/C20H11N5O/c21-9-12-3-1-4-13(7-12)14-5-2-6-15(8-14)18-16(10-22)19(24)25-20(26)17(18)11-23/h1-8H,(H3,24,25,26). The molecule has 0 aliphatic heterocycles. The molecule has 3 aromatic rings. The Bertz CT molecular complexity index is 1200. The largest absolute Gasteiger partial charge is 0.384 e. The summed E-state index contributed by atoms with van der Waals surface area (Å²) in [6.07, 6.45) is 0. The van der Waals surface area contributed by atoms with Gasteiger partial charge in [-0.25, -0.2) is 0 Å². The van der Waals surface area contributed by atoms with Crippen LogP contribution in [0.5, 0.6) is 0 Å². The number of pyridine rings is 1. The van der Waals surface area contributed by atoms with E-state index in [4.69, 9.17) is 11.0 Å². The van der Waals surface area contributed by atoms with Crippen molar-refractivity contribution in [2.45, 2.75) is 0 Å². The van der Waals surface area contributed by atoms with E-state index in [1.807, 2.05) is 24.3 Å². The van der Waals surface area contributed by atoms with Gasteiger partial charge in [0.25, 0.3) is 5.56 Å². The van der Waals surface area contributed by atoms with Gasteiger partial charge in [0.15, 0.2) is 0 Å². The Labute approximate surface area is 149 Å². The van der Waals surface area contributed by atoms with Gasteiger partial charge >= 0.3 is 0 Å². The Morgan fingerprint density at radius 1 is 0.808 bits per heavy atom. The van der Waals surface area contributed by atoms with E-state index in [2.05, 4.69) is 11.1 Å². The average Bonchev–Trinajstić information content (AvgIpc) is 2.67. The minimum absolute atomic E-state index is 0.0454. The van der Waals surface area contributed by atoms with Crippen LogP contribution in [-0.2, 0) is 0 Å². The topological polar surface area (TPSA) is 130 Å². The SMILES string of the molecule is N#Cc1cccc(-c2cccc(-c3c(C#N)c(N)[nH]c(=O)c3C#N)c2)c1. The summed E-state index contributed by atoms with van der Waals surface area (Å²) in [7, 11) is 0. The molecular weight excluding hydrogens is 326 g/mol. The van der Waals surface area contributed by atoms with Gasteiger partial charge in [-0.05, 0) is 34.9 Å². The van der Waals surface area contributed by atoms with Crippen molar-refractivity contribution in [3.05, 3.63) is 75.6 Å². The number of anilines is 1. The molecule has 1 aromatic heterocycles. The predicted octanol–water partition coefficient (Wildman–Crippen LogP) is 2.91. The lowest BCUT2D eigenvalue weighted by atomic mass is 9.93. The van der Waals surface area contributed by atoms with Crippen LogP contribution in [0.2, 0.25) is 0 Å². The molecule has 6 heteroatoms. The third-order valence-corrected chi connectivity index (χ3v) is 3.94. The van der Waals surface area contributed by atoms with Crippen LogP contribution in [-0.4, -0.2) is 4.98 Å². The summed E-state index contributed by atoms with van der Waals surface area (Å²) in [6, 6.07) is 20.0. The van der Waals surface area contributed by atoms with E-state index in [-0.39, 0.29) is 22.5 Å². The zero-order chi connectivity index (χ0) is 18.7. The molecule has 0 fully saturated rings. The van der Waals surface area contributed by atoms with Crippen molar-refractivity contribution in [1.29, 1.82) is 15.8 Å². The maximum Gasteiger partial charge on any atom is 0.268 e. The molecule has 0 spiro atoms. The van der Waals surface area contributed by atoms with Crippen molar-refractivity contribution >= 4 is 5.82 Å². The Hall–Kier alpha value is -4.34. The summed E-state index contributed by atoms with van der Waals surface area (Å²) in [5.74, 6) is -0.0802. The molecule has 0 saturated heterocycles. The molecule has 122 valence electrons. The minimum Gasteiger partial charge on any atom is -0.384 e. The van der Waals surface area contributed by atoms with Gasteiger partial charge in [-0.2, -0.15) is 15.8 Å². The Balaban J connectivity index is 2.28. The zero-order valence-electron chi connectivity index (χ0n) is 13.4. The van der Waals surface area contributed by atoms with Gasteiger partial charge in [0.2, 0.25) is 0 Å². The number of hydrogen-bond acceptors (Lipinski definition) is 5. The summed E-state index contributed by atoms with van der Waals surface area (Å²) in [6.45, 7) is 0. The van der Waals surface area contributed by atoms with Gasteiger partial charge in [-0.15, -0.1) is 0 Å². The summed E-state index contributed by atoms with van der Waals surface area (Å²) < 4.78 is 0. The van der Waals surface area contributed by atoms with Crippen LogP contribution in [0, 0.1) is 34.0 Å². The fourth-order valence-electron chi connectivity index (χ4n) is 2.75. The molecule has 1 heterocycles. The van der Waals surface area contributed by atoms with Crippen LogP contribution < -0.4 is 11.3 Å². The van der Waals surface area contributed by atoms with Gasteiger partial charge in [-0.1, -0.05) is 30.3 Å².